The van der Waals surface area contributed by atoms with Gasteiger partial charge in [0.1, 0.15) is 5.69 Å². The first-order valence-electron chi connectivity index (χ1n) is 3.82. The summed E-state index contributed by atoms with van der Waals surface area (Å²) in [5.41, 5.74) is 2.98. The maximum atomic E-state index is 5.78. The van der Waals surface area contributed by atoms with E-state index in [4.69, 9.17) is 11.6 Å². The van der Waals surface area contributed by atoms with Gasteiger partial charge in [-0.2, -0.15) is 8.75 Å². The molecule has 0 saturated heterocycles. The lowest BCUT2D eigenvalue weighted by Crippen LogP contribution is -1.80. The van der Waals surface area contributed by atoms with Gasteiger partial charge in [0.25, 0.3) is 0 Å². The topological polar surface area (TPSA) is 25.8 Å². The maximum absolute atomic E-state index is 5.78. The highest BCUT2D eigenvalue weighted by Crippen LogP contribution is 2.22. The van der Waals surface area contributed by atoms with Crippen LogP contribution in [0.15, 0.2) is 24.3 Å². The van der Waals surface area contributed by atoms with Gasteiger partial charge < -0.3 is 0 Å². The monoisotopic (exact) mass is 210 g/mol. The summed E-state index contributed by atoms with van der Waals surface area (Å²) in [5, 5.41) is 0.740. The second-order valence-corrected chi connectivity index (χ2v) is 3.67. The van der Waals surface area contributed by atoms with E-state index in [-0.39, 0.29) is 0 Å². The van der Waals surface area contributed by atoms with Crippen LogP contribution >= 0.6 is 23.3 Å². The van der Waals surface area contributed by atoms with Crippen LogP contribution in [0.1, 0.15) is 5.69 Å². The van der Waals surface area contributed by atoms with E-state index in [2.05, 4.69) is 8.75 Å². The molecule has 66 valence electrons. The molecule has 2 rings (SSSR count). The first-order valence-corrected chi connectivity index (χ1v) is 4.93. The minimum absolute atomic E-state index is 0.740. The van der Waals surface area contributed by atoms with Gasteiger partial charge in [-0.3, -0.25) is 0 Å². The van der Waals surface area contributed by atoms with Crippen LogP contribution < -0.4 is 0 Å². The zero-order valence-electron chi connectivity index (χ0n) is 6.99. The van der Waals surface area contributed by atoms with Crippen molar-refractivity contribution in [2.24, 2.45) is 0 Å². The van der Waals surface area contributed by atoms with Gasteiger partial charge in [-0.1, -0.05) is 23.7 Å². The number of benzene rings is 1. The number of halogens is 1. The summed E-state index contributed by atoms with van der Waals surface area (Å²) < 4.78 is 8.32. The van der Waals surface area contributed by atoms with E-state index in [1.807, 2.05) is 31.2 Å². The lowest BCUT2D eigenvalue weighted by molar-refractivity contribution is 1.32. The van der Waals surface area contributed by atoms with Gasteiger partial charge in [0.15, 0.2) is 0 Å². The minimum atomic E-state index is 0.740. The second kappa shape index (κ2) is 3.44. The molecule has 0 aliphatic heterocycles. The standard InChI is InChI=1S/C9H7ClN2S/c1-6-9(12-13-11-6)7-2-4-8(10)5-3-7/h2-5H,1H3. The quantitative estimate of drug-likeness (QED) is 0.723. The van der Waals surface area contributed by atoms with Crippen molar-refractivity contribution in [1.82, 2.24) is 8.75 Å². The van der Waals surface area contributed by atoms with Crippen LogP contribution in [0.5, 0.6) is 0 Å². The van der Waals surface area contributed by atoms with Gasteiger partial charge in [0, 0.05) is 10.6 Å². The minimum Gasteiger partial charge on any atom is -0.178 e. The van der Waals surface area contributed by atoms with Crippen molar-refractivity contribution >= 4 is 23.3 Å². The average molecular weight is 211 g/mol. The second-order valence-electron chi connectivity index (χ2n) is 2.71. The fourth-order valence-electron chi connectivity index (χ4n) is 1.10. The number of aryl methyl sites for hydroxylation is 1. The Hall–Kier alpha value is -0.930. The molecule has 0 N–H and O–H groups in total. The van der Waals surface area contributed by atoms with Crippen LogP contribution in [-0.2, 0) is 0 Å². The third kappa shape index (κ3) is 1.71. The summed E-state index contributed by atoms with van der Waals surface area (Å²) >= 11 is 7.01. The van der Waals surface area contributed by atoms with E-state index in [9.17, 15) is 0 Å². The number of rotatable bonds is 1. The molecule has 0 bridgehead atoms. The van der Waals surface area contributed by atoms with E-state index in [1.54, 1.807) is 0 Å². The van der Waals surface area contributed by atoms with Crippen molar-refractivity contribution in [3.8, 4) is 11.3 Å². The SMILES string of the molecule is Cc1nsnc1-c1ccc(Cl)cc1. The fraction of sp³-hybridized carbons (Fsp3) is 0.111. The molecular weight excluding hydrogens is 204 g/mol. The van der Waals surface area contributed by atoms with Crippen LogP contribution in [0, 0.1) is 6.92 Å². The molecule has 0 amide bonds. The van der Waals surface area contributed by atoms with Gasteiger partial charge in [-0.15, -0.1) is 0 Å². The molecule has 0 aliphatic carbocycles. The summed E-state index contributed by atoms with van der Waals surface area (Å²) in [7, 11) is 0. The Morgan fingerprint density at radius 2 is 1.85 bits per heavy atom. The zero-order chi connectivity index (χ0) is 9.26. The third-order valence-corrected chi connectivity index (χ3v) is 2.64. The first kappa shape index (κ1) is 8.66. The smallest absolute Gasteiger partial charge is 0.107 e. The first-order chi connectivity index (χ1) is 6.27. The number of aromatic nitrogens is 2. The Morgan fingerprint density at radius 1 is 1.15 bits per heavy atom. The highest BCUT2D eigenvalue weighted by molar-refractivity contribution is 6.99. The summed E-state index contributed by atoms with van der Waals surface area (Å²) in [6, 6.07) is 7.61. The molecular formula is C9H7ClN2S. The van der Waals surface area contributed by atoms with Crippen LogP contribution in [0.3, 0.4) is 0 Å². The highest BCUT2D eigenvalue weighted by atomic mass is 35.5. The van der Waals surface area contributed by atoms with E-state index >= 15 is 0 Å². The Morgan fingerprint density at radius 3 is 2.38 bits per heavy atom. The molecule has 0 aliphatic rings. The zero-order valence-corrected chi connectivity index (χ0v) is 8.56. The number of hydrogen-bond donors (Lipinski definition) is 0. The maximum Gasteiger partial charge on any atom is 0.107 e. The number of nitrogens with zero attached hydrogens (tertiary/aromatic N) is 2. The molecule has 0 fully saturated rings. The molecule has 0 atom stereocenters. The predicted octanol–water partition coefficient (Wildman–Crippen LogP) is 3.17. The van der Waals surface area contributed by atoms with Gasteiger partial charge in [-0.25, -0.2) is 0 Å². The van der Waals surface area contributed by atoms with Crippen molar-refractivity contribution in [2.75, 3.05) is 0 Å². The molecule has 4 heteroatoms. The average Bonchev–Trinajstić information content (AvgIpc) is 2.53. The molecule has 0 saturated carbocycles. The predicted molar refractivity (Wildman–Crippen MR) is 55.1 cm³/mol. The van der Waals surface area contributed by atoms with Crippen molar-refractivity contribution in [3.05, 3.63) is 35.0 Å². The Kier molecular flexibility index (Phi) is 2.29. The largest absolute Gasteiger partial charge is 0.178 e. The van der Waals surface area contributed by atoms with E-state index in [0.29, 0.717) is 0 Å². The Labute approximate surface area is 85.5 Å². The molecule has 2 nitrogen and oxygen atoms in total. The van der Waals surface area contributed by atoms with E-state index in [1.165, 1.54) is 11.7 Å². The van der Waals surface area contributed by atoms with Crippen molar-refractivity contribution in [3.63, 3.8) is 0 Å². The number of hydrogen-bond acceptors (Lipinski definition) is 3. The van der Waals surface area contributed by atoms with Crippen LogP contribution in [0.2, 0.25) is 5.02 Å². The highest BCUT2D eigenvalue weighted by Gasteiger charge is 2.05. The van der Waals surface area contributed by atoms with Crippen molar-refractivity contribution < 1.29 is 0 Å². The van der Waals surface area contributed by atoms with Crippen molar-refractivity contribution in [1.29, 1.82) is 0 Å². The molecule has 1 aromatic carbocycles. The summed E-state index contributed by atoms with van der Waals surface area (Å²) in [6.45, 7) is 1.95. The normalized spacial score (nSPS) is 10.3. The van der Waals surface area contributed by atoms with E-state index in [0.717, 1.165) is 22.0 Å². The van der Waals surface area contributed by atoms with Gasteiger partial charge >= 0.3 is 0 Å². The molecule has 13 heavy (non-hydrogen) atoms. The van der Waals surface area contributed by atoms with Crippen LogP contribution in [-0.4, -0.2) is 8.75 Å². The Balaban J connectivity index is 2.47. The molecule has 0 radical (unpaired) electrons. The molecule has 0 spiro atoms. The fourth-order valence-corrected chi connectivity index (χ4v) is 1.80. The van der Waals surface area contributed by atoms with Crippen LogP contribution in [0.4, 0.5) is 0 Å². The van der Waals surface area contributed by atoms with Crippen LogP contribution in [0.25, 0.3) is 11.3 Å². The van der Waals surface area contributed by atoms with E-state index < -0.39 is 0 Å². The lowest BCUT2D eigenvalue weighted by Gasteiger charge is -1.96. The Bertz CT molecular complexity index is 408. The van der Waals surface area contributed by atoms with Gasteiger partial charge in [-0.05, 0) is 19.1 Å². The molecule has 0 unspecified atom stereocenters. The van der Waals surface area contributed by atoms with Gasteiger partial charge in [0.2, 0.25) is 0 Å². The lowest BCUT2D eigenvalue weighted by atomic mass is 10.1. The van der Waals surface area contributed by atoms with Crippen molar-refractivity contribution in [2.45, 2.75) is 6.92 Å². The summed E-state index contributed by atoms with van der Waals surface area (Å²) in [4.78, 5) is 0. The third-order valence-electron chi connectivity index (χ3n) is 1.77. The summed E-state index contributed by atoms with van der Waals surface area (Å²) in [6.07, 6.45) is 0. The van der Waals surface area contributed by atoms with Gasteiger partial charge in [0.05, 0.1) is 17.4 Å². The molecule has 2 aromatic rings. The molecule has 1 heterocycles. The molecule has 1 aromatic heterocycles. The summed E-state index contributed by atoms with van der Waals surface area (Å²) in [5.74, 6) is 0.